The van der Waals surface area contributed by atoms with Crippen LogP contribution in [0.2, 0.25) is 0 Å². The lowest BCUT2D eigenvalue weighted by atomic mass is 10.0. The number of carbonyl (C=O) groups is 2. The highest BCUT2D eigenvalue weighted by atomic mass is 16.5. The lowest BCUT2D eigenvalue weighted by molar-refractivity contribution is -0.122. The van der Waals surface area contributed by atoms with Crippen LogP contribution < -0.4 is 15.4 Å². The van der Waals surface area contributed by atoms with Crippen molar-refractivity contribution in [1.82, 2.24) is 10.6 Å². The van der Waals surface area contributed by atoms with Crippen LogP contribution in [0.4, 0.5) is 0 Å². The van der Waals surface area contributed by atoms with E-state index in [0.29, 0.717) is 24.8 Å². The fraction of sp³-hybridized carbons (Fsp3) is 0.529. The topological polar surface area (TPSA) is 67.4 Å². The van der Waals surface area contributed by atoms with Gasteiger partial charge in [0, 0.05) is 24.4 Å². The van der Waals surface area contributed by atoms with Gasteiger partial charge in [0.2, 0.25) is 5.91 Å². The first-order chi connectivity index (χ1) is 10.7. The zero-order valence-corrected chi connectivity index (χ0v) is 13.1. The second kappa shape index (κ2) is 8.54. The highest BCUT2D eigenvalue weighted by Crippen LogP contribution is 2.14. The van der Waals surface area contributed by atoms with Gasteiger partial charge in [-0.3, -0.25) is 9.59 Å². The third-order valence-electron chi connectivity index (χ3n) is 3.92. The van der Waals surface area contributed by atoms with Gasteiger partial charge in [-0.15, -0.1) is 0 Å². The van der Waals surface area contributed by atoms with Gasteiger partial charge in [0.25, 0.3) is 0 Å². The maximum absolute atomic E-state index is 12.0. The number of methoxy groups -OCH3 is 1. The molecule has 1 fully saturated rings. The van der Waals surface area contributed by atoms with E-state index in [0.717, 1.165) is 31.7 Å². The zero-order valence-electron chi connectivity index (χ0n) is 13.1. The maximum atomic E-state index is 12.0. The monoisotopic (exact) mass is 304 g/mol. The number of amides is 1. The molecule has 1 amide bonds. The van der Waals surface area contributed by atoms with E-state index in [9.17, 15) is 9.59 Å². The summed E-state index contributed by atoms with van der Waals surface area (Å²) < 4.78 is 5.06. The minimum absolute atomic E-state index is 0.0504. The Hall–Kier alpha value is -1.88. The highest BCUT2D eigenvalue weighted by Gasteiger charge is 2.15. The van der Waals surface area contributed by atoms with Crippen LogP contribution in [-0.4, -0.2) is 37.9 Å². The number of ether oxygens (including phenoxy) is 1. The second-order valence-electron chi connectivity index (χ2n) is 5.60. The van der Waals surface area contributed by atoms with Gasteiger partial charge in [-0.05, 0) is 56.6 Å². The summed E-state index contributed by atoms with van der Waals surface area (Å²) >= 11 is 0. The van der Waals surface area contributed by atoms with E-state index >= 15 is 0 Å². The number of rotatable bonds is 7. The Kier molecular flexibility index (Phi) is 6.40. The van der Waals surface area contributed by atoms with Crippen molar-refractivity contribution >= 4 is 11.7 Å². The summed E-state index contributed by atoms with van der Waals surface area (Å²) in [7, 11) is 1.60. The van der Waals surface area contributed by atoms with Crippen molar-refractivity contribution in [1.29, 1.82) is 0 Å². The van der Waals surface area contributed by atoms with Crippen LogP contribution in [0.1, 0.15) is 42.5 Å². The van der Waals surface area contributed by atoms with Crippen LogP contribution in [0.3, 0.4) is 0 Å². The molecule has 1 aliphatic rings. The number of hydrogen-bond donors (Lipinski definition) is 2. The van der Waals surface area contributed by atoms with E-state index in [1.807, 2.05) is 0 Å². The molecule has 5 heteroatoms. The highest BCUT2D eigenvalue weighted by molar-refractivity contribution is 5.96. The summed E-state index contributed by atoms with van der Waals surface area (Å²) in [6.07, 6.45) is 3.35. The first-order valence-electron chi connectivity index (χ1n) is 7.86. The second-order valence-corrected chi connectivity index (χ2v) is 5.60. The van der Waals surface area contributed by atoms with Crippen molar-refractivity contribution in [3.63, 3.8) is 0 Å². The van der Waals surface area contributed by atoms with Gasteiger partial charge in [0.1, 0.15) is 5.75 Å². The van der Waals surface area contributed by atoms with Gasteiger partial charge < -0.3 is 15.4 Å². The molecule has 1 saturated heterocycles. The molecule has 1 heterocycles. The predicted molar refractivity (Wildman–Crippen MR) is 85.2 cm³/mol. The number of benzene rings is 1. The molecule has 0 radical (unpaired) electrons. The Bertz CT molecular complexity index is 493. The minimum Gasteiger partial charge on any atom is -0.497 e. The smallest absolute Gasteiger partial charge is 0.220 e. The van der Waals surface area contributed by atoms with Crippen molar-refractivity contribution in [2.24, 2.45) is 0 Å². The Labute approximate surface area is 131 Å². The number of nitrogens with one attached hydrogen (secondary N) is 2. The average Bonchev–Trinajstić information content (AvgIpc) is 2.55. The summed E-state index contributed by atoms with van der Waals surface area (Å²) in [6, 6.07) is 7.35. The predicted octanol–water partition coefficient (Wildman–Crippen LogP) is 1.92. The molecule has 1 aromatic rings. The van der Waals surface area contributed by atoms with Crippen LogP contribution in [0.5, 0.6) is 5.75 Å². The molecule has 0 saturated carbocycles. The molecule has 120 valence electrons. The molecule has 0 aromatic heterocycles. The first kappa shape index (κ1) is 16.5. The van der Waals surface area contributed by atoms with Gasteiger partial charge in [-0.2, -0.15) is 0 Å². The number of piperidine rings is 1. The van der Waals surface area contributed by atoms with E-state index < -0.39 is 0 Å². The minimum atomic E-state index is 0.0504. The normalized spacial score (nSPS) is 15.3. The molecule has 22 heavy (non-hydrogen) atoms. The Morgan fingerprint density at radius 1 is 1.18 bits per heavy atom. The Morgan fingerprint density at radius 3 is 2.50 bits per heavy atom. The molecule has 0 atom stereocenters. The zero-order chi connectivity index (χ0) is 15.8. The Balaban J connectivity index is 1.68. The average molecular weight is 304 g/mol. The van der Waals surface area contributed by atoms with Crippen molar-refractivity contribution in [2.45, 2.75) is 38.1 Å². The number of ketones is 1. The molecule has 0 spiro atoms. The molecule has 0 aliphatic carbocycles. The number of Topliss-reactive ketones (excluding diaryl/α,β-unsaturated/α-hetero) is 1. The largest absolute Gasteiger partial charge is 0.497 e. The molecule has 2 rings (SSSR count). The first-order valence-corrected chi connectivity index (χ1v) is 7.86. The number of carbonyl (C=O) groups excluding carboxylic acids is 2. The molecule has 2 N–H and O–H groups in total. The van der Waals surface area contributed by atoms with Gasteiger partial charge in [0.15, 0.2) is 5.78 Å². The Morgan fingerprint density at radius 2 is 1.86 bits per heavy atom. The molecule has 0 bridgehead atoms. The summed E-state index contributed by atoms with van der Waals surface area (Å²) in [5.41, 5.74) is 0.666. The summed E-state index contributed by atoms with van der Waals surface area (Å²) in [6.45, 7) is 1.92. The van der Waals surface area contributed by atoms with E-state index in [1.54, 1.807) is 31.4 Å². The van der Waals surface area contributed by atoms with Crippen molar-refractivity contribution in [3.8, 4) is 5.75 Å². The van der Waals surface area contributed by atoms with Crippen molar-refractivity contribution in [3.05, 3.63) is 29.8 Å². The van der Waals surface area contributed by atoms with Crippen LogP contribution in [0.25, 0.3) is 0 Å². The van der Waals surface area contributed by atoms with Crippen LogP contribution >= 0.6 is 0 Å². The van der Waals surface area contributed by atoms with Crippen molar-refractivity contribution in [2.75, 3.05) is 20.2 Å². The third-order valence-corrected chi connectivity index (χ3v) is 3.92. The molecular weight excluding hydrogens is 280 g/mol. The third kappa shape index (κ3) is 5.15. The van der Waals surface area contributed by atoms with E-state index in [4.69, 9.17) is 4.74 Å². The standard InChI is InChI=1S/C17H24N2O3/c1-22-15-7-5-13(6-8-15)16(20)3-2-4-17(21)19-14-9-11-18-12-10-14/h5-8,14,18H,2-4,9-12H2,1H3,(H,19,21). The summed E-state index contributed by atoms with van der Waals surface area (Å²) in [5.74, 6) is 0.852. The van der Waals surface area contributed by atoms with Gasteiger partial charge in [-0.1, -0.05) is 0 Å². The summed E-state index contributed by atoms with van der Waals surface area (Å²) in [4.78, 5) is 23.9. The molecular formula is C17H24N2O3. The molecule has 1 aromatic carbocycles. The van der Waals surface area contributed by atoms with Gasteiger partial charge in [-0.25, -0.2) is 0 Å². The van der Waals surface area contributed by atoms with E-state index in [2.05, 4.69) is 10.6 Å². The van der Waals surface area contributed by atoms with E-state index in [-0.39, 0.29) is 17.7 Å². The molecule has 1 aliphatic heterocycles. The van der Waals surface area contributed by atoms with Gasteiger partial charge >= 0.3 is 0 Å². The van der Waals surface area contributed by atoms with Gasteiger partial charge in [0.05, 0.1) is 7.11 Å². The quantitative estimate of drug-likeness (QED) is 0.755. The molecule has 0 unspecified atom stereocenters. The lowest BCUT2D eigenvalue weighted by Crippen LogP contribution is -2.42. The maximum Gasteiger partial charge on any atom is 0.220 e. The fourth-order valence-electron chi connectivity index (χ4n) is 2.60. The lowest BCUT2D eigenvalue weighted by Gasteiger charge is -2.23. The van der Waals surface area contributed by atoms with Crippen LogP contribution in [0, 0.1) is 0 Å². The fourth-order valence-corrected chi connectivity index (χ4v) is 2.60. The van der Waals surface area contributed by atoms with E-state index in [1.165, 1.54) is 0 Å². The van der Waals surface area contributed by atoms with Crippen molar-refractivity contribution < 1.29 is 14.3 Å². The SMILES string of the molecule is COc1ccc(C(=O)CCCC(=O)NC2CCNCC2)cc1. The number of hydrogen-bond acceptors (Lipinski definition) is 4. The summed E-state index contributed by atoms with van der Waals surface area (Å²) in [5, 5.41) is 6.31. The van der Waals surface area contributed by atoms with Crippen LogP contribution in [0.15, 0.2) is 24.3 Å². The van der Waals surface area contributed by atoms with Crippen LogP contribution in [-0.2, 0) is 4.79 Å². The molecule has 5 nitrogen and oxygen atoms in total.